The summed E-state index contributed by atoms with van der Waals surface area (Å²) in [5.41, 5.74) is 7.73. The van der Waals surface area contributed by atoms with E-state index in [1.54, 1.807) is 0 Å². The van der Waals surface area contributed by atoms with Crippen LogP contribution in [0.3, 0.4) is 0 Å². The molecule has 0 saturated heterocycles. The Bertz CT molecular complexity index is 727. The molecule has 0 saturated carbocycles. The molecule has 0 radical (unpaired) electrons. The summed E-state index contributed by atoms with van der Waals surface area (Å²) in [5.74, 6) is 0. The maximum Gasteiger partial charge on any atom is -0.0146 e. The Morgan fingerprint density at radius 3 is 1.92 bits per heavy atom. The number of aryl methyl sites for hydroxylation is 2. The Morgan fingerprint density at radius 2 is 1.35 bits per heavy atom. The van der Waals surface area contributed by atoms with Crippen molar-refractivity contribution in [1.82, 2.24) is 0 Å². The standard InChI is InChI=1S/C22H24.2C2H6/c1-5-7-12-19(10-6-2)20-15-14-18(4)22(16-20)21-13-9-8-11-17(21)3;2*1-2/h5-16H,1-4H3;2*1-2H3/b7-5-,10-6-,19-12+;;. The molecule has 0 bridgehead atoms. The van der Waals surface area contributed by atoms with Gasteiger partial charge >= 0.3 is 0 Å². The highest BCUT2D eigenvalue weighted by molar-refractivity contribution is 5.80. The van der Waals surface area contributed by atoms with Crippen molar-refractivity contribution in [3.8, 4) is 11.1 Å². The second kappa shape index (κ2) is 13.9. The van der Waals surface area contributed by atoms with Crippen molar-refractivity contribution in [2.24, 2.45) is 0 Å². The summed E-state index contributed by atoms with van der Waals surface area (Å²) in [7, 11) is 0. The van der Waals surface area contributed by atoms with Crippen molar-refractivity contribution >= 4 is 5.57 Å². The molecule has 0 nitrogen and oxygen atoms in total. The van der Waals surface area contributed by atoms with E-state index < -0.39 is 0 Å². The van der Waals surface area contributed by atoms with Gasteiger partial charge in [-0.3, -0.25) is 0 Å². The fraction of sp³-hybridized carbons (Fsp3) is 0.308. The minimum absolute atomic E-state index is 1.23. The molecule has 0 aliphatic rings. The van der Waals surface area contributed by atoms with Gasteiger partial charge in [-0.15, -0.1) is 0 Å². The molecule has 0 N–H and O–H groups in total. The van der Waals surface area contributed by atoms with E-state index in [2.05, 4.69) is 93.6 Å². The molecule has 2 aromatic carbocycles. The highest BCUT2D eigenvalue weighted by Crippen LogP contribution is 2.30. The predicted octanol–water partition coefficient (Wildman–Crippen LogP) is 8.56. The molecule has 0 aliphatic heterocycles. The van der Waals surface area contributed by atoms with E-state index in [1.807, 2.05) is 34.6 Å². The highest BCUT2D eigenvalue weighted by Gasteiger charge is 2.07. The largest absolute Gasteiger partial charge is 0.0876 e. The van der Waals surface area contributed by atoms with E-state index in [1.165, 1.54) is 33.4 Å². The molecule has 0 spiro atoms. The first kappa shape index (κ1) is 23.7. The van der Waals surface area contributed by atoms with Crippen molar-refractivity contribution < 1.29 is 0 Å². The summed E-state index contributed by atoms with van der Waals surface area (Å²) in [6, 6.07) is 15.3. The quantitative estimate of drug-likeness (QED) is 0.485. The minimum Gasteiger partial charge on any atom is -0.0876 e. The third-order valence-corrected chi connectivity index (χ3v) is 3.82. The lowest BCUT2D eigenvalue weighted by Crippen LogP contribution is -1.90. The second-order valence-corrected chi connectivity index (χ2v) is 5.49. The number of hydrogen-bond acceptors (Lipinski definition) is 0. The third kappa shape index (κ3) is 6.88. The fourth-order valence-electron chi connectivity index (χ4n) is 2.59. The van der Waals surface area contributed by atoms with Crippen molar-refractivity contribution in [3.05, 3.63) is 89.5 Å². The number of benzene rings is 2. The van der Waals surface area contributed by atoms with E-state index >= 15 is 0 Å². The van der Waals surface area contributed by atoms with Crippen LogP contribution in [0.25, 0.3) is 16.7 Å². The van der Waals surface area contributed by atoms with Crippen LogP contribution in [0.15, 0.2) is 72.8 Å². The van der Waals surface area contributed by atoms with Gasteiger partial charge in [-0.2, -0.15) is 0 Å². The molecule has 0 unspecified atom stereocenters. The minimum atomic E-state index is 1.23. The van der Waals surface area contributed by atoms with Gasteiger partial charge < -0.3 is 0 Å². The Balaban J connectivity index is 0.00000146. The van der Waals surface area contributed by atoms with Crippen molar-refractivity contribution in [3.63, 3.8) is 0 Å². The molecular weight excluding hydrogens is 312 g/mol. The Hall–Kier alpha value is -2.34. The molecule has 26 heavy (non-hydrogen) atoms. The van der Waals surface area contributed by atoms with Crippen LogP contribution in [0.5, 0.6) is 0 Å². The molecule has 140 valence electrons. The van der Waals surface area contributed by atoms with Crippen LogP contribution >= 0.6 is 0 Å². The van der Waals surface area contributed by atoms with Gasteiger partial charge in [0.1, 0.15) is 0 Å². The first-order valence-electron chi connectivity index (χ1n) is 9.80. The van der Waals surface area contributed by atoms with Crippen molar-refractivity contribution in [2.45, 2.75) is 55.4 Å². The van der Waals surface area contributed by atoms with E-state index in [9.17, 15) is 0 Å². The summed E-state index contributed by atoms with van der Waals surface area (Å²) >= 11 is 0. The molecule has 0 fully saturated rings. The maximum absolute atomic E-state index is 2.30. The number of allylic oxidation sites excluding steroid dienone is 6. The van der Waals surface area contributed by atoms with E-state index in [4.69, 9.17) is 0 Å². The SMILES string of the molecule is CC.CC.C\C=C/C=C(\C=C/C)c1ccc(C)c(-c2ccccc2C)c1. The number of hydrogen-bond donors (Lipinski definition) is 0. The molecule has 0 aliphatic carbocycles. The molecule has 0 aromatic heterocycles. The summed E-state index contributed by atoms with van der Waals surface area (Å²) in [4.78, 5) is 0. The molecule has 0 amide bonds. The Kier molecular flexibility index (Phi) is 12.6. The summed E-state index contributed by atoms with van der Waals surface area (Å²) in [6.07, 6.45) is 10.5. The monoisotopic (exact) mass is 348 g/mol. The lowest BCUT2D eigenvalue weighted by molar-refractivity contribution is 1.40. The van der Waals surface area contributed by atoms with Crippen LogP contribution in [-0.2, 0) is 0 Å². The zero-order valence-electron chi connectivity index (χ0n) is 17.9. The smallest absolute Gasteiger partial charge is 0.0146 e. The first-order chi connectivity index (χ1) is 12.7. The van der Waals surface area contributed by atoms with Crippen molar-refractivity contribution in [2.75, 3.05) is 0 Å². The average molecular weight is 349 g/mol. The lowest BCUT2D eigenvalue weighted by atomic mass is 9.92. The van der Waals surface area contributed by atoms with Gasteiger partial charge in [-0.25, -0.2) is 0 Å². The zero-order chi connectivity index (χ0) is 19.9. The van der Waals surface area contributed by atoms with Gasteiger partial charge in [-0.1, -0.05) is 94.5 Å². The molecular formula is C26H36. The Morgan fingerprint density at radius 1 is 0.731 bits per heavy atom. The van der Waals surface area contributed by atoms with Crippen LogP contribution in [-0.4, -0.2) is 0 Å². The van der Waals surface area contributed by atoms with Crippen LogP contribution in [0.4, 0.5) is 0 Å². The average Bonchev–Trinajstić information content (AvgIpc) is 2.69. The molecule has 0 heterocycles. The maximum atomic E-state index is 2.30. The fourth-order valence-corrected chi connectivity index (χ4v) is 2.59. The lowest BCUT2D eigenvalue weighted by Gasteiger charge is -2.12. The zero-order valence-corrected chi connectivity index (χ0v) is 17.9. The van der Waals surface area contributed by atoms with E-state index in [0.717, 1.165) is 0 Å². The van der Waals surface area contributed by atoms with Gasteiger partial charge in [0, 0.05) is 0 Å². The normalized spacial score (nSPS) is 11.0. The van der Waals surface area contributed by atoms with Crippen molar-refractivity contribution in [1.29, 1.82) is 0 Å². The van der Waals surface area contributed by atoms with Gasteiger partial charge in [0.25, 0.3) is 0 Å². The molecule has 2 aromatic rings. The van der Waals surface area contributed by atoms with E-state index in [-0.39, 0.29) is 0 Å². The van der Waals surface area contributed by atoms with Gasteiger partial charge in [0.15, 0.2) is 0 Å². The van der Waals surface area contributed by atoms with Gasteiger partial charge in [0.2, 0.25) is 0 Å². The summed E-state index contributed by atoms with van der Waals surface area (Å²) < 4.78 is 0. The second-order valence-electron chi connectivity index (χ2n) is 5.49. The molecule has 0 heteroatoms. The van der Waals surface area contributed by atoms with Crippen LogP contribution in [0, 0.1) is 13.8 Å². The highest BCUT2D eigenvalue weighted by atomic mass is 14.1. The molecule has 0 atom stereocenters. The first-order valence-corrected chi connectivity index (χ1v) is 9.80. The van der Waals surface area contributed by atoms with Crippen LogP contribution in [0.1, 0.15) is 58.2 Å². The van der Waals surface area contributed by atoms with Crippen LogP contribution < -0.4 is 0 Å². The van der Waals surface area contributed by atoms with Gasteiger partial charge in [0.05, 0.1) is 0 Å². The molecule has 2 rings (SSSR count). The third-order valence-electron chi connectivity index (χ3n) is 3.82. The van der Waals surface area contributed by atoms with Crippen LogP contribution in [0.2, 0.25) is 0 Å². The summed E-state index contributed by atoms with van der Waals surface area (Å²) in [5, 5.41) is 0. The van der Waals surface area contributed by atoms with Gasteiger partial charge in [-0.05, 0) is 67.2 Å². The predicted molar refractivity (Wildman–Crippen MR) is 122 cm³/mol. The van der Waals surface area contributed by atoms with E-state index in [0.29, 0.717) is 0 Å². The topological polar surface area (TPSA) is 0 Å². The Labute approximate surface area is 162 Å². The summed E-state index contributed by atoms with van der Waals surface area (Å²) in [6.45, 7) is 16.4. The number of rotatable bonds is 4.